The molecule has 110 valence electrons. The molecule has 2 rings (SSSR count). The molecule has 0 unspecified atom stereocenters. The topological polar surface area (TPSA) is 63.2 Å². The summed E-state index contributed by atoms with van der Waals surface area (Å²) in [6.07, 6.45) is 0.657. The van der Waals surface area contributed by atoms with Crippen LogP contribution < -0.4 is 5.32 Å². The van der Waals surface area contributed by atoms with Crippen molar-refractivity contribution in [2.24, 2.45) is 0 Å². The molecular formula is C14H19NO3S2. The average Bonchev–Trinajstić information content (AvgIpc) is 2.71. The number of carbonyl (C=O) groups excluding carboxylic acids is 1. The summed E-state index contributed by atoms with van der Waals surface area (Å²) in [6, 6.07) is 5.92. The van der Waals surface area contributed by atoms with E-state index in [2.05, 4.69) is 5.32 Å². The number of amides is 1. The fourth-order valence-electron chi connectivity index (χ4n) is 2.14. The van der Waals surface area contributed by atoms with Gasteiger partial charge in [0.15, 0.2) is 9.84 Å². The molecule has 0 radical (unpaired) electrons. The highest BCUT2D eigenvalue weighted by Crippen LogP contribution is 2.24. The Labute approximate surface area is 124 Å². The summed E-state index contributed by atoms with van der Waals surface area (Å²) >= 11 is 1.43. The van der Waals surface area contributed by atoms with E-state index in [4.69, 9.17) is 0 Å². The highest BCUT2D eigenvalue weighted by atomic mass is 32.2. The third kappa shape index (κ3) is 4.24. The van der Waals surface area contributed by atoms with Crippen LogP contribution in [-0.4, -0.2) is 36.8 Å². The minimum Gasteiger partial charge on any atom is -0.325 e. The zero-order valence-corrected chi connectivity index (χ0v) is 13.3. The van der Waals surface area contributed by atoms with Crippen LogP contribution in [0.15, 0.2) is 18.2 Å². The van der Waals surface area contributed by atoms with Crippen molar-refractivity contribution >= 4 is 33.2 Å². The summed E-state index contributed by atoms with van der Waals surface area (Å²) in [4.78, 5) is 11.9. The fraction of sp³-hybridized carbons (Fsp3) is 0.500. The molecule has 20 heavy (non-hydrogen) atoms. The van der Waals surface area contributed by atoms with Gasteiger partial charge in [-0.15, -0.1) is 11.8 Å². The Kier molecular flexibility index (Phi) is 4.75. The number of benzene rings is 1. The second-order valence-electron chi connectivity index (χ2n) is 5.20. The fourth-order valence-corrected chi connectivity index (χ4v) is 5.59. The Morgan fingerprint density at radius 3 is 2.80 bits per heavy atom. The average molecular weight is 313 g/mol. The van der Waals surface area contributed by atoms with E-state index in [1.54, 1.807) is 0 Å². The lowest BCUT2D eigenvalue weighted by atomic mass is 10.1. The van der Waals surface area contributed by atoms with Gasteiger partial charge in [0.25, 0.3) is 0 Å². The number of carbonyl (C=O) groups is 1. The number of hydrogen-bond donors (Lipinski definition) is 1. The van der Waals surface area contributed by atoms with Crippen LogP contribution in [0, 0.1) is 13.8 Å². The Morgan fingerprint density at radius 1 is 1.40 bits per heavy atom. The maximum absolute atomic E-state index is 11.9. The molecule has 4 nitrogen and oxygen atoms in total. The quantitative estimate of drug-likeness (QED) is 0.925. The van der Waals surface area contributed by atoms with E-state index >= 15 is 0 Å². The second-order valence-corrected chi connectivity index (χ2v) is 8.72. The number of thioether (sulfide) groups is 1. The van der Waals surface area contributed by atoms with Crippen LogP contribution in [0.1, 0.15) is 17.5 Å². The van der Waals surface area contributed by atoms with Crippen molar-refractivity contribution in [3.05, 3.63) is 29.3 Å². The lowest BCUT2D eigenvalue weighted by molar-refractivity contribution is -0.113. The molecule has 0 aromatic heterocycles. The van der Waals surface area contributed by atoms with Gasteiger partial charge in [0.2, 0.25) is 5.91 Å². The molecule has 1 atom stereocenters. The first-order valence-corrected chi connectivity index (χ1v) is 9.42. The van der Waals surface area contributed by atoms with Crippen LogP contribution in [0.5, 0.6) is 0 Å². The first kappa shape index (κ1) is 15.4. The van der Waals surface area contributed by atoms with E-state index in [1.165, 1.54) is 11.8 Å². The van der Waals surface area contributed by atoms with Crippen LogP contribution in [0.25, 0.3) is 0 Å². The third-order valence-corrected chi connectivity index (χ3v) is 6.59. The predicted molar refractivity (Wildman–Crippen MR) is 84.1 cm³/mol. The molecule has 1 N–H and O–H groups in total. The van der Waals surface area contributed by atoms with Gasteiger partial charge in [-0.2, -0.15) is 0 Å². The largest absolute Gasteiger partial charge is 0.325 e. The van der Waals surface area contributed by atoms with Crippen molar-refractivity contribution in [2.75, 3.05) is 22.6 Å². The first-order valence-electron chi connectivity index (χ1n) is 6.55. The molecule has 0 aliphatic carbocycles. The van der Waals surface area contributed by atoms with Crippen molar-refractivity contribution in [2.45, 2.75) is 25.5 Å². The van der Waals surface area contributed by atoms with E-state index in [1.807, 2.05) is 32.0 Å². The van der Waals surface area contributed by atoms with Crippen molar-refractivity contribution in [1.29, 1.82) is 0 Å². The molecule has 1 aliphatic heterocycles. The molecule has 1 heterocycles. The standard InChI is InChI=1S/C14H19NO3S2/c1-10-3-4-11(2)13(7-10)15-14(16)8-19-12-5-6-20(17,18)9-12/h3-4,7,12H,5-6,8-9H2,1-2H3,(H,15,16)/t12-/m0/s1. The van der Waals surface area contributed by atoms with Gasteiger partial charge in [0, 0.05) is 10.9 Å². The highest BCUT2D eigenvalue weighted by molar-refractivity contribution is 8.02. The van der Waals surface area contributed by atoms with E-state index < -0.39 is 9.84 Å². The summed E-state index contributed by atoms with van der Waals surface area (Å²) in [6.45, 7) is 3.93. The molecule has 0 bridgehead atoms. The van der Waals surface area contributed by atoms with Crippen LogP contribution in [-0.2, 0) is 14.6 Å². The van der Waals surface area contributed by atoms with E-state index in [0.717, 1.165) is 16.8 Å². The maximum atomic E-state index is 11.9. The summed E-state index contributed by atoms with van der Waals surface area (Å²) < 4.78 is 22.7. The first-order chi connectivity index (χ1) is 9.35. The summed E-state index contributed by atoms with van der Waals surface area (Å²) in [5, 5.41) is 2.95. The molecule has 1 aromatic carbocycles. The van der Waals surface area contributed by atoms with E-state index in [0.29, 0.717) is 12.2 Å². The highest BCUT2D eigenvalue weighted by Gasteiger charge is 2.28. The van der Waals surface area contributed by atoms with Gasteiger partial charge >= 0.3 is 0 Å². The molecule has 6 heteroatoms. The zero-order chi connectivity index (χ0) is 14.8. The predicted octanol–water partition coefficient (Wildman–Crippen LogP) is 2.16. The molecule has 1 aliphatic rings. The Hall–Kier alpha value is -1.01. The number of rotatable bonds is 4. The van der Waals surface area contributed by atoms with Gasteiger partial charge in [-0.25, -0.2) is 8.42 Å². The molecule has 1 aromatic rings. The van der Waals surface area contributed by atoms with Gasteiger partial charge in [-0.3, -0.25) is 4.79 Å². The van der Waals surface area contributed by atoms with Gasteiger partial charge < -0.3 is 5.32 Å². The third-order valence-electron chi connectivity index (χ3n) is 3.31. The monoisotopic (exact) mass is 313 g/mol. The summed E-state index contributed by atoms with van der Waals surface area (Å²) in [5.41, 5.74) is 2.95. The van der Waals surface area contributed by atoms with E-state index in [-0.39, 0.29) is 22.7 Å². The number of aryl methyl sites for hydroxylation is 2. The SMILES string of the molecule is Cc1ccc(C)c(NC(=O)CS[C@H]2CCS(=O)(=O)C2)c1. The van der Waals surface area contributed by atoms with Gasteiger partial charge in [-0.05, 0) is 37.5 Å². The zero-order valence-electron chi connectivity index (χ0n) is 11.7. The van der Waals surface area contributed by atoms with Gasteiger partial charge in [-0.1, -0.05) is 12.1 Å². The Balaban J connectivity index is 1.85. The lowest BCUT2D eigenvalue weighted by Crippen LogP contribution is -2.17. The molecule has 0 saturated carbocycles. The number of anilines is 1. The van der Waals surface area contributed by atoms with Crippen molar-refractivity contribution in [3.8, 4) is 0 Å². The van der Waals surface area contributed by atoms with E-state index in [9.17, 15) is 13.2 Å². The van der Waals surface area contributed by atoms with Gasteiger partial charge in [0.05, 0.1) is 17.3 Å². The minimum absolute atomic E-state index is 0.0596. The van der Waals surface area contributed by atoms with Crippen LogP contribution >= 0.6 is 11.8 Å². The molecular weight excluding hydrogens is 294 g/mol. The maximum Gasteiger partial charge on any atom is 0.234 e. The Bertz CT molecular complexity index is 611. The smallest absolute Gasteiger partial charge is 0.234 e. The van der Waals surface area contributed by atoms with Crippen molar-refractivity contribution in [1.82, 2.24) is 0 Å². The lowest BCUT2D eigenvalue weighted by Gasteiger charge is -2.11. The van der Waals surface area contributed by atoms with Crippen LogP contribution in [0.2, 0.25) is 0 Å². The number of hydrogen-bond acceptors (Lipinski definition) is 4. The van der Waals surface area contributed by atoms with Gasteiger partial charge in [0.1, 0.15) is 0 Å². The van der Waals surface area contributed by atoms with Crippen LogP contribution in [0.4, 0.5) is 5.69 Å². The molecule has 0 spiro atoms. The molecule has 1 fully saturated rings. The molecule has 1 amide bonds. The Morgan fingerprint density at radius 2 is 2.15 bits per heavy atom. The normalized spacial score (nSPS) is 20.8. The van der Waals surface area contributed by atoms with Crippen molar-refractivity contribution in [3.63, 3.8) is 0 Å². The second kappa shape index (κ2) is 6.18. The summed E-state index contributed by atoms with van der Waals surface area (Å²) in [5.74, 6) is 0.679. The molecule has 1 saturated heterocycles. The minimum atomic E-state index is -2.87. The number of sulfone groups is 1. The number of nitrogens with one attached hydrogen (secondary N) is 1. The van der Waals surface area contributed by atoms with Crippen molar-refractivity contribution < 1.29 is 13.2 Å². The summed E-state index contributed by atoms with van der Waals surface area (Å²) in [7, 11) is -2.87. The van der Waals surface area contributed by atoms with Crippen LogP contribution in [0.3, 0.4) is 0 Å².